The van der Waals surface area contributed by atoms with Gasteiger partial charge in [0.2, 0.25) is 9.84 Å². The Kier molecular flexibility index (Phi) is 8.07. The lowest BCUT2D eigenvalue weighted by atomic mass is 9.94. The minimum Gasteiger partial charge on any atom is -0.504 e. The Morgan fingerprint density at radius 1 is 1.05 bits per heavy atom. The van der Waals surface area contributed by atoms with Gasteiger partial charge in [-0.3, -0.25) is 9.78 Å². The summed E-state index contributed by atoms with van der Waals surface area (Å²) in [4.78, 5) is 21.8. The quantitative estimate of drug-likeness (QED) is 0.261. The van der Waals surface area contributed by atoms with Crippen molar-refractivity contribution in [3.8, 4) is 16.9 Å². The molecule has 1 unspecified atom stereocenters. The first-order valence-electron chi connectivity index (χ1n) is 13.9. The van der Waals surface area contributed by atoms with Crippen LogP contribution in [-0.4, -0.2) is 30.0 Å². The molecule has 0 amide bonds. The summed E-state index contributed by atoms with van der Waals surface area (Å²) in [5.41, 5.74) is 4.05. The number of sulfone groups is 1. The summed E-state index contributed by atoms with van der Waals surface area (Å²) < 4.78 is 27.8. The van der Waals surface area contributed by atoms with Crippen LogP contribution in [0.25, 0.3) is 11.1 Å². The van der Waals surface area contributed by atoms with E-state index >= 15 is 0 Å². The van der Waals surface area contributed by atoms with Crippen LogP contribution in [-0.2, 0) is 16.3 Å². The lowest BCUT2D eigenvalue weighted by molar-refractivity contribution is 0.431. The lowest BCUT2D eigenvalue weighted by Crippen LogP contribution is -2.35. The molecule has 1 atom stereocenters. The summed E-state index contributed by atoms with van der Waals surface area (Å²) in [6.45, 7) is 4.65. The summed E-state index contributed by atoms with van der Waals surface area (Å²) >= 11 is 0. The molecule has 0 radical (unpaired) electrons. The average Bonchev–Trinajstić information content (AvgIpc) is 2.96. The number of hydrogen-bond donors (Lipinski definition) is 2. The molecule has 0 aliphatic carbocycles. The van der Waals surface area contributed by atoms with Crippen LogP contribution < -0.4 is 10.5 Å². The van der Waals surface area contributed by atoms with Gasteiger partial charge in [0.15, 0.2) is 10.6 Å². The normalized spacial score (nSPS) is 15.8. The molecule has 1 saturated heterocycles. The summed E-state index contributed by atoms with van der Waals surface area (Å²) in [6.07, 6.45) is 8.48. The van der Waals surface area contributed by atoms with Crippen LogP contribution in [0.4, 0.5) is 5.69 Å². The fourth-order valence-corrected chi connectivity index (χ4v) is 7.03. The average molecular weight is 558 g/mol. The molecular weight excluding hydrogens is 522 g/mol. The van der Waals surface area contributed by atoms with Crippen molar-refractivity contribution < 1.29 is 13.5 Å². The first-order valence-corrected chi connectivity index (χ1v) is 15.4. The van der Waals surface area contributed by atoms with E-state index in [1.807, 2.05) is 31.2 Å². The number of H-pyrrole nitrogens is 1. The van der Waals surface area contributed by atoms with Gasteiger partial charge in [0.1, 0.15) is 5.69 Å². The van der Waals surface area contributed by atoms with Gasteiger partial charge in [0, 0.05) is 24.6 Å². The first kappa shape index (κ1) is 27.6. The molecule has 5 rings (SSSR count). The minimum atomic E-state index is -4.32. The largest absolute Gasteiger partial charge is 0.504 e. The highest BCUT2D eigenvalue weighted by Gasteiger charge is 2.34. The van der Waals surface area contributed by atoms with E-state index < -0.39 is 26.0 Å². The Labute approximate surface area is 235 Å². The van der Waals surface area contributed by atoms with Gasteiger partial charge in [-0.15, -0.1) is 0 Å². The van der Waals surface area contributed by atoms with Crippen molar-refractivity contribution in [1.29, 1.82) is 0 Å². The maximum atomic E-state index is 13.9. The fraction of sp³-hybridized carbons (Fsp3) is 0.312. The third-order valence-electron chi connectivity index (χ3n) is 7.72. The molecule has 7 nitrogen and oxygen atoms in total. The number of piperidine rings is 1. The number of pyridine rings is 2. The number of hydrogen-bond acceptors (Lipinski definition) is 6. The third kappa shape index (κ3) is 5.28. The van der Waals surface area contributed by atoms with Gasteiger partial charge in [-0.1, -0.05) is 55.8 Å². The molecule has 3 heterocycles. The standard InChI is InChI=1S/C32H35N3O4S/c1-3-4-12-27-29(35-20-9-8-13-28(35)24-10-6-5-7-11-24)30(36)31(32(37)34-27)40(38,39)25-16-14-23(15-17-25)26-18-19-33-21-22(26)2/h5-7,10-11,14-19,21,28H,3-4,8-9,12-13,20H2,1-2H3,(H2,34,36,37). The molecular formula is C32H35N3O4S. The molecule has 1 fully saturated rings. The smallest absolute Gasteiger partial charge is 0.271 e. The number of aromatic hydroxyl groups is 1. The number of aryl methyl sites for hydroxylation is 2. The predicted molar refractivity (Wildman–Crippen MR) is 158 cm³/mol. The molecule has 208 valence electrons. The topological polar surface area (TPSA) is 103 Å². The molecule has 0 bridgehead atoms. The monoisotopic (exact) mass is 557 g/mol. The molecule has 2 N–H and O–H groups in total. The van der Waals surface area contributed by atoms with Crippen LogP contribution in [0.15, 0.2) is 87.6 Å². The summed E-state index contributed by atoms with van der Waals surface area (Å²) in [7, 11) is -4.32. The van der Waals surface area contributed by atoms with E-state index in [2.05, 4.69) is 33.9 Å². The number of aromatic nitrogens is 2. The van der Waals surface area contributed by atoms with Crippen molar-refractivity contribution in [2.45, 2.75) is 68.2 Å². The molecule has 1 aliphatic heterocycles. The Morgan fingerprint density at radius 3 is 2.50 bits per heavy atom. The van der Waals surface area contributed by atoms with Crippen molar-refractivity contribution >= 4 is 15.5 Å². The number of aromatic amines is 1. The van der Waals surface area contributed by atoms with Crippen LogP contribution >= 0.6 is 0 Å². The van der Waals surface area contributed by atoms with Crippen LogP contribution in [0, 0.1) is 6.92 Å². The first-order chi connectivity index (χ1) is 19.3. The van der Waals surface area contributed by atoms with E-state index in [0.717, 1.165) is 54.4 Å². The number of nitrogens with zero attached hydrogens (tertiary/aromatic N) is 2. The zero-order chi connectivity index (χ0) is 28.3. The van der Waals surface area contributed by atoms with E-state index in [0.29, 0.717) is 24.3 Å². The Hall–Kier alpha value is -3.91. The van der Waals surface area contributed by atoms with E-state index in [1.54, 1.807) is 24.5 Å². The molecule has 4 aromatic rings. The molecule has 1 aliphatic rings. The molecule has 8 heteroatoms. The van der Waals surface area contributed by atoms with Crippen molar-refractivity contribution in [2.24, 2.45) is 0 Å². The van der Waals surface area contributed by atoms with Gasteiger partial charge in [-0.2, -0.15) is 0 Å². The van der Waals surface area contributed by atoms with Crippen molar-refractivity contribution in [3.05, 3.63) is 100 Å². The summed E-state index contributed by atoms with van der Waals surface area (Å²) in [5.74, 6) is -0.466. The highest BCUT2D eigenvalue weighted by Crippen LogP contribution is 2.43. The van der Waals surface area contributed by atoms with Gasteiger partial charge in [0.05, 0.1) is 10.9 Å². The maximum absolute atomic E-state index is 13.9. The molecule has 2 aromatic heterocycles. The highest BCUT2D eigenvalue weighted by molar-refractivity contribution is 7.91. The SMILES string of the molecule is CCCCc1[nH]c(=O)c(S(=O)(=O)c2ccc(-c3ccncc3C)cc2)c(O)c1N1CCCCC1c1ccccc1. The zero-order valence-corrected chi connectivity index (χ0v) is 23.7. The molecule has 0 saturated carbocycles. The van der Waals surface area contributed by atoms with Crippen molar-refractivity contribution in [1.82, 2.24) is 9.97 Å². The van der Waals surface area contributed by atoms with Crippen molar-refractivity contribution in [2.75, 3.05) is 11.4 Å². The van der Waals surface area contributed by atoms with Crippen LogP contribution in [0.5, 0.6) is 5.75 Å². The van der Waals surface area contributed by atoms with Gasteiger partial charge < -0.3 is 15.0 Å². The fourth-order valence-electron chi connectivity index (χ4n) is 5.65. The number of nitrogens with one attached hydrogen (secondary N) is 1. The Bertz CT molecular complexity index is 1650. The summed E-state index contributed by atoms with van der Waals surface area (Å²) in [5, 5.41) is 11.7. The van der Waals surface area contributed by atoms with Gasteiger partial charge >= 0.3 is 0 Å². The Balaban J connectivity index is 1.62. The van der Waals surface area contributed by atoms with E-state index in [1.165, 1.54) is 12.1 Å². The maximum Gasteiger partial charge on any atom is 0.271 e. The third-order valence-corrected chi connectivity index (χ3v) is 9.52. The van der Waals surface area contributed by atoms with Gasteiger partial charge in [-0.25, -0.2) is 8.42 Å². The van der Waals surface area contributed by atoms with E-state index in [9.17, 15) is 18.3 Å². The number of rotatable bonds is 8. The lowest BCUT2D eigenvalue weighted by Gasteiger charge is -2.39. The van der Waals surface area contributed by atoms with Gasteiger partial charge in [0.25, 0.3) is 5.56 Å². The molecule has 2 aromatic carbocycles. The van der Waals surface area contributed by atoms with E-state index in [-0.39, 0.29) is 10.9 Å². The molecule has 0 spiro atoms. The Morgan fingerprint density at radius 2 is 1.80 bits per heavy atom. The van der Waals surface area contributed by atoms with Crippen molar-refractivity contribution in [3.63, 3.8) is 0 Å². The van der Waals surface area contributed by atoms with Gasteiger partial charge in [-0.05, 0) is 79.5 Å². The summed E-state index contributed by atoms with van der Waals surface area (Å²) in [6, 6.07) is 18.3. The number of benzene rings is 2. The zero-order valence-electron chi connectivity index (χ0n) is 22.9. The second kappa shape index (κ2) is 11.7. The van der Waals surface area contributed by atoms with Crippen LogP contribution in [0.1, 0.15) is 61.9 Å². The molecule has 40 heavy (non-hydrogen) atoms. The van der Waals surface area contributed by atoms with E-state index in [4.69, 9.17) is 0 Å². The number of anilines is 1. The second-order valence-electron chi connectivity index (χ2n) is 10.4. The second-order valence-corrected chi connectivity index (χ2v) is 12.3. The predicted octanol–water partition coefficient (Wildman–Crippen LogP) is 6.36. The highest BCUT2D eigenvalue weighted by atomic mass is 32.2. The van der Waals surface area contributed by atoms with Crippen LogP contribution in [0.2, 0.25) is 0 Å². The van der Waals surface area contributed by atoms with Crippen LogP contribution in [0.3, 0.4) is 0 Å². The minimum absolute atomic E-state index is 0.0365. The number of unbranched alkanes of at least 4 members (excludes halogenated alkanes) is 1.